The molecule has 1 saturated carbocycles. The Balaban J connectivity index is 0.000000596. The number of ether oxygens (including phenoxy) is 1. The number of hydrogen-bond donors (Lipinski definition) is 5. The second-order valence-electron chi connectivity index (χ2n) is 7.24. The Morgan fingerprint density at radius 2 is 1.70 bits per heavy atom. The van der Waals surface area contributed by atoms with Gasteiger partial charge in [0, 0.05) is 11.8 Å². The molecule has 1 heterocycles. The summed E-state index contributed by atoms with van der Waals surface area (Å²) in [6, 6.07) is 9.23. The molecule has 150 valence electrons. The fourth-order valence-corrected chi connectivity index (χ4v) is 4.17. The molecule has 0 amide bonds. The number of piperidine rings is 1. The fraction of sp³-hybridized carbons (Fsp3) is 0.632. The van der Waals surface area contributed by atoms with Crippen molar-refractivity contribution in [2.45, 2.75) is 32.3 Å². The number of nitrogens with one attached hydrogen (secondary N) is 1. The van der Waals surface area contributed by atoms with Crippen LogP contribution in [0.15, 0.2) is 30.3 Å². The summed E-state index contributed by atoms with van der Waals surface area (Å²) < 4.78 is 5.59. The Morgan fingerprint density at radius 1 is 1.19 bits per heavy atom. The van der Waals surface area contributed by atoms with Gasteiger partial charge in [-0.1, -0.05) is 44.2 Å². The van der Waals surface area contributed by atoms with Crippen LogP contribution in [0.1, 0.15) is 32.3 Å². The minimum Gasteiger partial charge on any atom is -0.463 e. The van der Waals surface area contributed by atoms with Gasteiger partial charge >= 0.3 is 13.3 Å². The van der Waals surface area contributed by atoms with Crippen LogP contribution >= 0.6 is 0 Å². The highest BCUT2D eigenvalue weighted by Crippen LogP contribution is 2.49. The van der Waals surface area contributed by atoms with E-state index in [4.69, 9.17) is 19.8 Å². The molecule has 2 unspecified atom stereocenters. The summed E-state index contributed by atoms with van der Waals surface area (Å²) in [4.78, 5) is 12.8. The summed E-state index contributed by atoms with van der Waals surface area (Å²) in [6.45, 7) is 6.51. The van der Waals surface area contributed by atoms with Crippen molar-refractivity contribution >= 4 is 13.3 Å². The van der Waals surface area contributed by atoms with E-state index in [0.29, 0.717) is 29.9 Å². The maximum absolute atomic E-state index is 12.8. The Labute approximate surface area is 160 Å². The zero-order valence-corrected chi connectivity index (χ0v) is 15.9. The average Bonchev–Trinajstić information content (AvgIpc) is 3.07. The normalized spacial score (nSPS) is 25.1. The fourth-order valence-electron chi connectivity index (χ4n) is 4.17. The average molecular weight is 379 g/mol. The molecular weight excluding hydrogens is 349 g/mol. The first-order valence-electron chi connectivity index (χ1n) is 9.56. The number of aliphatic hydroxyl groups is 1. The third-order valence-corrected chi connectivity index (χ3v) is 5.78. The molecule has 1 aromatic carbocycles. The van der Waals surface area contributed by atoms with Gasteiger partial charge in [-0.3, -0.25) is 0 Å². The van der Waals surface area contributed by atoms with Crippen molar-refractivity contribution in [1.82, 2.24) is 5.32 Å². The van der Waals surface area contributed by atoms with Crippen LogP contribution in [0.3, 0.4) is 0 Å². The van der Waals surface area contributed by atoms with Gasteiger partial charge in [-0.2, -0.15) is 0 Å². The lowest BCUT2D eigenvalue weighted by Gasteiger charge is -2.33. The van der Waals surface area contributed by atoms with Gasteiger partial charge in [-0.05, 0) is 43.3 Å². The molecule has 1 aliphatic carbocycles. The molecule has 27 heavy (non-hydrogen) atoms. The zero-order valence-electron chi connectivity index (χ0n) is 15.9. The van der Waals surface area contributed by atoms with Crippen molar-refractivity contribution in [3.05, 3.63) is 35.9 Å². The SMILES string of the molecule is CCC(CC)C(O)(C(=O)OCC1[C@H]2CNC[C@@H]12)c1ccccc1.OB(O)O. The van der Waals surface area contributed by atoms with E-state index < -0.39 is 18.9 Å². The number of fused-ring (bicyclic) bond motifs is 1. The van der Waals surface area contributed by atoms with Crippen LogP contribution in [0.4, 0.5) is 0 Å². The molecule has 3 rings (SSSR count). The molecule has 2 fully saturated rings. The van der Waals surface area contributed by atoms with E-state index in [1.807, 2.05) is 44.2 Å². The van der Waals surface area contributed by atoms with Gasteiger partial charge in [-0.15, -0.1) is 0 Å². The summed E-state index contributed by atoms with van der Waals surface area (Å²) >= 11 is 0. The molecule has 0 radical (unpaired) electrons. The smallest absolute Gasteiger partial charge is 0.463 e. The highest BCUT2D eigenvalue weighted by molar-refractivity contribution is 6.30. The van der Waals surface area contributed by atoms with Crippen molar-refractivity contribution in [3.8, 4) is 0 Å². The minimum atomic E-state index is -2.17. The molecule has 7 nitrogen and oxygen atoms in total. The lowest BCUT2D eigenvalue weighted by molar-refractivity contribution is -0.175. The van der Waals surface area contributed by atoms with Crippen molar-refractivity contribution in [2.24, 2.45) is 23.7 Å². The first-order valence-corrected chi connectivity index (χ1v) is 9.56. The van der Waals surface area contributed by atoms with Crippen LogP contribution in [-0.4, -0.2) is 53.2 Å². The highest BCUT2D eigenvalue weighted by Gasteiger charge is 2.54. The van der Waals surface area contributed by atoms with Gasteiger partial charge in [0.15, 0.2) is 5.60 Å². The van der Waals surface area contributed by atoms with E-state index in [9.17, 15) is 9.90 Å². The van der Waals surface area contributed by atoms with Crippen molar-refractivity contribution in [2.75, 3.05) is 19.7 Å². The van der Waals surface area contributed by atoms with E-state index in [1.54, 1.807) is 0 Å². The quantitative estimate of drug-likeness (QED) is 0.341. The molecule has 0 bridgehead atoms. The molecular formula is C19H30BNO6. The van der Waals surface area contributed by atoms with Crippen LogP contribution in [-0.2, 0) is 15.1 Å². The van der Waals surface area contributed by atoms with E-state index in [-0.39, 0.29) is 5.92 Å². The number of carbonyl (C=O) groups excluding carboxylic acids is 1. The molecule has 2 aliphatic rings. The lowest BCUT2D eigenvalue weighted by Crippen LogP contribution is -2.44. The maximum atomic E-state index is 12.8. The number of benzene rings is 1. The monoisotopic (exact) mass is 379 g/mol. The minimum absolute atomic E-state index is 0.141. The van der Waals surface area contributed by atoms with Crippen LogP contribution in [0.5, 0.6) is 0 Å². The van der Waals surface area contributed by atoms with E-state index in [0.717, 1.165) is 25.9 Å². The molecule has 8 heteroatoms. The summed E-state index contributed by atoms with van der Waals surface area (Å²) in [5.74, 6) is 1.15. The first kappa shape index (κ1) is 21.9. The highest BCUT2D eigenvalue weighted by atomic mass is 16.6. The van der Waals surface area contributed by atoms with E-state index >= 15 is 0 Å². The zero-order chi connectivity index (χ0) is 20.0. The van der Waals surface area contributed by atoms with Crippen molar-refractivity contribution in [3.63, 3.8) is 0 Å². The van der Waals surface area contributed by atoms with Crippen LogP contribution in [0.25, 0.3) is 0 Å². The van der Waals surface area contributed by atoms with Gasteiger partial charge in [0.25, 0.3) is 0 Å². The molecule has 1 aromatic rings. The Hall–Kier alpha value is -1.45. The molecule has 4 atom stereocenters. The van der Waals surface area contributed by atoms with Crippen LogP contribution in [0.2, 0.25) is 0 Å². The first-order chi connectivity index (χ1) is 12.9. The molecule has 0 aromatic heterocycles. The van der Waals surface area contributed by atoms with Crippen molar-refractivity contribution in [1.29, 1.82) is 0 Å². The predicted octanol–water partition coefficient (Wildman–Crippen LogP) is 0.267. The lowest BCUT2D eigenvalue weighted by atomic mass is 9.78. The number of rotatable bonds is 7. The summed E-state index contributed by atoms with van der Waals surface area (Å²) in [5.41, 5.74) is -0.913. The second-order valence-corrected chi connectivity index (χ2v) is 7.24. The maximum Gasteiger partial charge on any atom is 0.631 e. The number of carbonyl (C=O) groups is 1. The van der Waals surface area contributed by atoms with E-state index in [1.165, 1.54) is 0 Å². The third-order valence-electron chi connectivity index (χ3n) is 5.78. The Kier molecular flexibility index (Phi) is 7.82. The largest absolute Gasteiger partial charge is 0.631 e. The van der Waals surface area contributed by atoms with Gasteiger partial charge in [0.05, 0.1) is 6.61 Å². The van der Waals surface area contributed by atoms with Gasteiger partial charge in [0.1, 0.15) is 0 Å². The van der Waals surface area contributed by atoms with E-state index in [2.05, 4.69) is 5.32 Å². The summed E-state index contributed by atoms with van der Waals surface area (Å²) in [6.07, 6.45) is 1.46. The van der Waals surface area contributed by atoms with Gasteiger partial charge in [-0.25, -0.2) is 4.79 Å². The molecule has 1 saturated heterocycles. The summed E-state index contributed by atoms with van der Waals surface area (Å²) in [7, 11) is -2.17. The van der Waals surface area contributed by atoms with Gasteiger partial charge < -0.3 is 30.2 Å². The molecule has 0 spiro atoms. The number of esters is 1. The van der Waals surface area contributed by atoms with Gasteiger partial charge in [0.2, 0.25) is 0 Å². The third kappa shape index (κ3) is 5.09. The second kappa shape index (κ2) is 9.66. The molecule has 5 N–H and O–H groups in total. The summed E-state index contributed by atoms with van der Waals surface area (Å²) in [5, 5.41) is 36.1. The topological polar surface area (TPSA) is 119 Å². The Bertz CT molecular complexity index is 584. The predicted molar refractivity (Wildman–Crippen MR) is 101 cm³/mol. The van der Waals surface area contributed by atoms with Crippen LogP contribution in [0, 0.1) is 23.7 Å². The molecule has 1 aliphatic heterocycles. The van der Waals surface area contributed by atoms with Crippen LogP contribution < -0.4 is 5.32 Å². The van der Waals surface area contributed by atoms with Crippen molar-refractivity contribution < 1.29 is 29.7 Å². The standard InChI is InChI=1S/C19H27NO3.BH3O3/c1-3-13(4-2)19(22,14-8-6-5-7-9-14)18(21)23-12-17-15-10-20-11-16(15)17;2-1(3)4/h5-9,13,15-17,20,22H,3-4,10-12H2,1-2H3;2-4H/t15-,16+,17?,19?;. The number of hydrogen-bond acceptors (Lipinski definition) is 7. The Morgan fingerprint density at radius 3 is 2.19 bits per heavy atom.